The quantitative estimate of drug-likeness (QED) is 0.350. The third-order valence-electron chi connectivity index (χ3n) is 6.38. The van der Waals surface area contributed by atoms with Gasteiger partial charge in [0, 0.05) is 38.4 Å². The van der Waals surface area contributed by atoms with Gasteiger partial charge in [-0.25, -0.2) is 0 Å². The first-order chi connectivity index (χ1) is 18.0. The number of piperidine rings is 2. The van der Waals surface area contributed by atoms with Crippen molar-refractivity contribution in [1.29, 1.82) is 0 Å². The first-order valence-electron chi connectivity index (χ1n) is 14.8. The summed E-state index contributed by atoms with van der Waals surface area (Å²) in [6, 6.07) is 0.593. The zero-order valence-electron chi connectivity index (χ0n) is 26.1. The number of aliphatic hydroxyl groups is 1. The van der Waals surface area contributed by atoms with Gasteiger partial charge in [-0.3, -0.25) is 14.4 Å². The highest BCUT2D eigenvalue weighted by atomic mass is 16.2. The molecule has 0 aromatic rings. The molecule has 2 fully saturated rings. The van der Waals surface area contributed by atoms with E-state index in [9.17, 15) is 14.4 Å². The van der Waals surface area contributed by atoms with Crippen molar-refractivity contribution in [2.75, 3.05) is 46.4 Å². The lowest BCUT2D eigenvalue weighted by Gasteiger charge is -2.31. The number of hydrogen-bond donors (Lipinski definition) is 2. The van der Waals surface area contributed by atoms with Crippen molar-refractivity contribution in [3.8, 4) is 0 Å². The molecule has 2 N–H and O–H groups in total. The summed E-state index contributed by atoms with van der Waals surface area (Å²) in [5.74, 6) is 0.0526. The Morgan fingerprint density at radius 2 is 1.37 bits per heavy atom. The summed E-state index contributed by atoms with van der Waals surface area (Å²) >= 11 is 0. The van der Waals surface area contributed by atoms with Crippen LogP contribution in [0, 0.1) is 5.92 Å². The van der Waals surface area contributed by atoms with Gasteiger partial charge in [0.05, 0.1) is 12.6 Å². The van der Waals surface area contributed by atoms with E-state index in [4.69, 9.17) is 5.11 Å². The topological polar surface area (TPSA) is 93.2 Å². The second-order valence-corrected chi connectivity index (χ2v) is 10.7. The van der Waals surface area contributed by atoms with Crippen molar-refractivity contribution in [3.63, 3.8) is 0 Å². The van der Waals surface area contributed by atoms with Crippen LogP contribution in [-0.2, 0) is 14.4 Å². The Balaban J connectivity index is 0. The van der Waals surface area contributed by atoms with Crippen LogP contribution in [0.15, 0.2) is 11.6 Å². The number of hydrogen-bond acceptors (Lipinski definition) is 5. The third kappa shape index (κ3) is 17.6. The van der Waals surface area contributed by atoms with Crippen LogP contribution >= 0.6 is 0 Å². The molecule has 0 aliphatic carbocycles. The molecule has 0 radical (unpaired) electrons. The van der Waals surface area contributed by atoms with Crippen molar-refractivity contribution in [2.45, 2.75) is 112 Å². The maximum Gasteiger partial charge on any atom is 0.249 e. The number of nitrogens with one attached hydrogen (secondary N) is 1. The lowest BCUT2D eigenvalue weighted by molar-refractivity contribution is -0.132. The van der Waals surface area contributed by atoms with Gasteiger partial charge in [-0.2, -0.15) is 0 Å². The average Bonchev–Trinajstić information content (AvgIpc) is 2.91. The largest absolute Gasteiger partial charge is 0.397 e. The Bertz CT molecular complexity index is 638. The Kier molecular flexibility index (Phi) is 24.3. The second-order valence-electron chi connectivity index (χ2n) is 10.7. The fourth-order valence-corrected chi connectivity index (χ4v) is 4.28. The summed E-state index contributed by atoms with van der Waals surface area (Å²) in [5, 5.41) is 9.95. The molecule has 224 valence electrons. The minimum atomic E-state index is -0.176. The van der Waals surface area contributed by atoms with Crippen molar-refractivity contribution < 1.29 is 19.5 Å². The van der Waals surface area contributed by atoms with E-state index in [1.165, 1.54) is 45.2 Å². The van der Waals surface area contributed by atoms with Gasteiger partial charge >= 0.3 is 0 Å². The molecule has 1 atom stereocenters. The number of likely N-dealkylation sites (tertiary alicyclic amines) is 2. The van der Waals surface area contributed by atoms with E-state index in [1.54, 1.807) is 18.9 Å². The van der Waals surface area contributed by atoms with E-state index in [-0.39, 0.29) is 36.9 Å². The summed E-state index contributed by atoms with van der Waals surface area (Å²) in [5.41, 5.74) is 0.675. The predicted molar refractivity (Wildman–Crippen MR) is 159 cm³/mol. The molecule has 2 heterocycles. The van der Waals surface area contributed by atoms with Gasteiger partial charge in [-0.1, -0.05) is 46.6 Å². The van der Waals surface area contributed by atoms with E-state index >= 15 is 0 Å². The summed E-state index contributed by atoms with van der Waals surface area (Å²) in [6.07, 6.45) is 11.2. The highest BCUT2D eigenvalue weighted by Gasteiger charge is 2.24. The summed E-state index contributed by atoms with van der Waals surface area (Å²) in [6.45, 7) is 20.8. The van der Waals surface area contributed by atoms with E-state index in [0.717, 1.165) is 32.0 Å². The Labute approximate surface area is 234 Å². The van der Waals surface area contributed by atoms with Crippen LogP contribution in [0.1, 0.15) is 100 Å². The second kappa shape index (κ2) is 24.1. The first kappa shape index (κ1) is 38.2. The molecule has 0 bridgehead atoms. The van der Waals surface area contributed by atoms with E-state index in [2.05, 4.69) is 37.9 Å². The van der Waals surface area contributed by atoms with Crippen LogP contribution in [0.3, 0.4) is 0 Å². The lowest BCUT2D eigenvalue weighted by atomic mass is 9.99. The minimum absolute atomic E-state index is 0.0316. The maximum absolute atomic E-state index is 12.5. The van der Waals surface area contributed by atoms with Crippen molar-refractivity contribution in [1.82, 2.24) is 20.0 Å². The SMILES string of the molecule is C/C(=C\[C@H](C(C)C)N(C)C(=O)CNC=O)C(=O)N1CCCCC1.CC(C)N1CCCCC1.CCC.CCO. The number of carbonyl (C=O) groups is 3. The molecule has 0 unspecified atom stereocenters. The highest BCUT2D eigenvalue weighted by Crippen LogP contribution is 2.17. The number of rotatable bonds is 8. The van der Waals surface area contributed by atoms with Gasteiger partial charge in [0.15, 0.2) is 0 Å². The van der Waals surface area contributed by atoms with Crippen molar-refractivity contribution in [2.24, 2.45) is 5.92 Å². The predicted octanol–water partition coefficient (Wildman–Crippen LogP) is 4.47. The third-order valence-corrected chi connectivity index (χ3v) is 6.38. The van der Waals surface area contributed by atoms with Gasteiger partial charge in [0.1, 0.15) is 0 Å². The molecule has 2 saturated heterocycles. The average molecular weight is 541 g/mol. The van der Waals surface area contributed by atoms with Gasteiger partial charge in [-0.05, 0) is 78.8 Å². The molecule has 2 aliphatic heterocycles. The molecule has 8 nitrogen and oxygen atoms in total. The van der Waals surface area contributed by atoms with Crippen molar-refractivity contribution in [3.05, 3.63) is 11.6 Å². The zero-order valence-corrected chi connectivity index (χ0v) is 26.1. The number of nitrogens with zero attached hydrogens (tertiary/aromatic N) is 3. The fraction of sp³-hybridized carbons (Fsp3) is 0.833. The molecule has 38 heavy (non-hydrogen) atoms. The molecular formula is C30H60N4O4. The van der Waals surface area contributed by atoms with Crippen molar-refractivity contribution >= 4 is 18.2 Å². The van der Waals surface area contributed by atoms with E-state index in [0.29, 0.717) is 12.0 Å². The van der Waals surface area contributed by atoms with Gasteiger partial charge in [0.25, 0.3) is 0 Å². The Hall–Kier alpha value is -1.93. The molecule has 0 aromatic heterocycles. The van der Waals surface area contributed by atoms with Gasteiger partial charge in [-0.15, -0.1) is 0 Å². The van der Waals surface area contributed by atoms with Crippen LogP contribution in [0.5, 0.6) is 0 Å². The number of amides is 3. The minimum Gasteiger partial charge on any atom is -0.397 e. The lowest BCUT2D eigenvalue weighted by Crippen LogP contribution is -2.44. The van der Waals surface area contributed by atoms with Gasteiger partial charge in [0.2, 0.25) is 18.2 Å². The summed E-state index contributed by atoms with van der Waals surface area (Å²) < 4.78 is 0. The molecule has 2 aliphatic rings. The molecule has 8 heteroatoms. The van der Waals surface area contributed by atoms with E-state index in [1.807, 2.05) is 31.7 Å². The molecule has 0 spiro atoms. The fourth-order valence-electron chi connectivity index (χ4n) is 4.28. The van der Waals surface area contributed by atoms with Crippen LogP contribution in [0.25, 0.3) is 0 Å². The molecule has 2 rings (SSSR count). The highest BCUT2D eigenvalue weighted by molar-refractivity contribution is 5.93. The zero-order chi connectivity index (χ0) is 29.5. The maximum atomic E-state index is 12.5. The molecule has 3 amide bonds. The van der Waals surface area contributed by atoms with E-state index < -0.39 is 0 Å². The number of aliphatic hydroxyl groups excluding tert-OH is 1. The van der Waals surface area contributed by atoms with Crippen LogP contribution in [0.2, 0.25) is 0 Å². The Morgan fingerprint density at radius 1 is 0.921 bits per heavy atom. The monoisotopic (exact) mass is 540 g/mol. The van der Waals surface area contributed by atoms with Crippen LogP contribution in [-0.4, -0.2) is 96.5 Å². The van der Waals surface area contributed by atoms with Crippen LogP contribution in [0.4, 0.5) is 0 Å². The smallest absolute Gasteiger partial charge is 0.249 e. The molecule has 0 saturated carbocycles. The van der Waals surface area contributed by atoms with Crippen LogP contribution < -0.4 is 5.32 Å². The number of likely N-dealkylation sites (N-methyl/N-ethyl adjacent to an activating group) is 1. The standard InChI is InChI=1S/C17H29N3O3.C8H17N.C3H8.C2H6O/c1-13(2)15(19(4)16(22)11-18-12-21)10-14(3)17(23)20-8-6-5-7-9-20;1-8(2)9-6-4-3-5-7-9;1-3-2;1-2-3/h10,12-13,15H,5-9,11H2,1-4H3,(H,18,21);8H,3-7H2,1-2H3;3H2,1-2H3;3H,2H2,1H3/b14-10+;;;/t15-;;;/m1.../s1. The summed E-state index contributed by atoms with van der Waals surface area (Å²) in [7, 11) is 1.70. The summed E-state index contributed by atoms with van der Waals surface area (Å²) in [4.78, 5) is 41.0. The normalized spacial score (nSPS) is 16.6. The number of carbonyl (C=O) groups excluding carboxylic acids is 3. The Morgan fingerprint density at radius 3 is 1.74 bits per heavy atom. The molecular weight excluding hydrogens is 480 g/mol. The van der Waals surface area contributed by atoms with Gasteiger partial charge < -0.3 is 25.1 Å². The molecule has 0 aromatic carbocycles. The first-order valence-corrected chi connectivity index (χ1v) is 14.8.